The Kier molecular flexibility index (Phi) is 4.88. The number of nitrogens with zero attached hydrogens (tertiary/aromatic N) is 2. The Labute approximate surface area is 139 Å². The topological polar surface area (TPSA) is 46.9 Å². The van der Waals surface area contributed by atoms with Gasteiger partial charge in [0.15, 0.2) is 0 Å². The minimum atomic E-state index is -0.00260. The molecule has 1 amide bonds. The van der Waals surface area contributed by atoms with Crippen molar-refractivity contribution in [3.05, 3.63) is 76.0 Å². The van der Waals surface area contributed by atoms with Gasteiger partial charge >= 0.3 is 0 Å². The van der Waals surface area contributed by atoms with Crippen LogP contribution >= 0.6 is 11.3 Å². The van der Waals surface area contributed by atoms with Crippen molar-refractivity contribution in [2.75, 3.05) is 0 Å². The van der Waals surface area contributed by atoms with Gasteiger partial charge in [-0.05, 0) is 29.7 Å². The maximum Gasteiger partial charge on any atom is 0.261 e. The zero-order chi connectivity index (χ0) is 16.1. The Hall–Kier alpha value is -2.40. The molecular weight excluding hydrogens is 306 g/mol. The Morgan fingerprint density at radius 3 is 2.61 bits per heavy atom. The molecule has 0 saturated carbocycles. The molecule has 0 aliphatic rings. The summed E-state index contributed by atoms with van der Waals surface area (Å²) in [6, 6.07) is 12.2. The van der Waals surface area contributed by atoms with E-state index in [4.69, 9.17) is 0 Å². The monoisotopic (exact) mass is 325 g/mol. The van der Waals surface area contributed by atoms with Crippen LogP contribution in [0.15, 0.2) is 55.1 Å². The molecule has 0 saturated heterocycles. The summed E-state index contributed by atoms with van der Waals surface area (Å²) >= 11 is 1.56. The van der Waals surface area contributed by atoms with Gasteiger partial charge in [0.05, 0.1) is 11.2 Å². The Bertz CT molecular complexity index is 760. The van der Waals surface area contributed by atoms with E-state index in [0.29, 0.717) is 6.54 Å². The van der Waals surface area contributed by atoms with Gasteiger partial charge in [0, 0.05) is 30.4 Å². The molecule has 0 fully saturated rings. The summed E-state index contributed by atoms with van der Waals surface area (Å²) in [4.78, 5) is 18.2. The average Bonchev–Trinajstić information content (AvgIpc) is 3.25. The summed E-state index contributed by atoms with van der Waals surface area (Å²) in [6.45, 7) is 3.45. The van der Waals surface area contributed by atoms with Crippen LogP contribution < -0.4 is 5.32 Å². The molecule has 118 valence electrons. The Morgan fingerprint density at radius 1 is 1.17 bits per heavy atom. The number of imidazole rings is 1. The van der Waals surface area contributed by atoms with Gasteiger partial charge in [0.1, 0.15) is 0 Å². The second kappa shape index (κ2) is 7.24. The number of aryl methyl sites for hydroxylation is 1. The molecule has 3 rings (SSSR count). The van der Waals surface area contributed by atoms with Crippen molar-refractivity contribution in [3.8, 4) is 0 Å². The first kappa shape index (κ1) is 15.5. The van der Waals surface area contributed by atoms with Crippen molar-refractivity contribution in [2.45, 2.75) is 26.4 Å². The van der Waals surface area contributed by atoms with Crippen LogP contribution in [0.1, 0.15) is 32.6 Å². The molecule has 2 aromatic heterocycles. The van der Waals surface area contributed by atoms with Gasteiger partial charge in [-0.3, -0.25) is 4.79 Å². The van der Waals surface area contributed by atoms with E-state index in [-0.39, 0.29) is 5.91 Å². The van der Waals surface area contributed by atoms with Crippen molar-refractivity contribution in [3.63, 3.8) is 0 Å². The molecule has 4 nitrogen and oxygen atoms in total. The number of nitrogens with one attached hydrogen (secondary N) is 1. The molecule has 0 spiro atoms. The minimum absolute atomic E-state index is 0.00260. The molecule has 1 N–H and O–H groups in total. The van der Waals surface area contributed by atoms with E-state index in [1.54, 1.807) is 23.9 Å². The van der Waals surface area contributed by atoms with E-state index >= 15 is 0 Å². The highest BCUT2D eigenvalue weighted by Crippen LogP contribution is 2.16. The lowest BCUT2D eigenvalue weighted by Crippen LogP contribution is -2.21. The summed E-state index contributed by atoms with van der Waals surface area (Å²) in [6.07, 6.45) is 6.49. The number of hydrogen-bond donors (Lipinski definition) is 1. The number of carbonyl (C=O) groups is 1. The molecule has 1 aromatic carbocycles. The van der Waals surface area contributed by atoms with E-state index < -0.39 is 0 Å². The molecule has 5 heteroatoms. The van der Waals surface area contributed by atoms with E-state index in [1.807, 2.05) is 22.9 Å². The maximum atomic E-state index is 12.1. The molecular formula is C18H19N3OS. The van der Waals surface area contributed by atoms with E-state index in [1.165, 1.54) is 10.4 Å². The van der Waals surface area contributed by atoms with Crippen LogP contribution in [0, 0.1) is 0 Å². The number of rotatable bonds is 6. The fourth-order valence-corrected chi connectivity index (χ4v) is 3.18. The highest BCUT2D eigenvalue weighted by atomic mass is 32.1. The first-order valence-electron chi connectivity index (χ1n) is 7.65. The van der Waals surface area contributed by atoms with E-state index in [2.05, 4.69) is 41.5 Å². The zero-order valence-electron chi connectivity index (χ0n) is 13.0. The van der Waals surface area contributed by atoms with Gasteiger partial charge in [0.2, 0.25) is 0 Å². The summed E-state index contributed by atoms with van der Waals surface area (Å²) in [5, 5.41) is 2.97. The summed E-state index contributed by atoms with van der Waals surface area (Å²) in [7, 11) is 0. The molecule has 2 heterocycles. The van der Waals surface area contributed by atoms with Gasteiger partial charge in [-0.15, -0.1) is 11.3 Å². The minimum Gasteiger partial charge on any atom is -0.347 e. The highest BCUT2D eigenvalue weighted by Gasteiger charge is 2.08. The standard InChI is InChI=1S/C18H19N3OS/c1-2-16-7-8-17(23-16)18(22)20-11-14-3-5-15(6-4-14)12-21-10-9-19-13-21/h3-10,13H,2,11-12H2,1H3,(H,20,22). The highest BCUT2D eigenvalue weighted by molar-refractivity contribution is 7.14. The summed E-state index contributed by atoms with van der Waals surface area (Å²) in [5.41, 5.74) is 2.31. The normalized spacial score (nSPS) is 10.7. The van der Waals surface area contributed by atoms with Gasteiger partial charge in [-0.1, -0.05) is 31.2 Å². The van der Waals surface area contributed by atoms with Crippen LogP contribution in [0.3, 0.4) is 0 Å². The number of hydrogen-bond acceptors (Lipinski definition) is 3. The van der Waals surface area contributed by atoms with E-state index in [9.17, 15) is 4.79 Å². The maximum absolute atomic E-state index is 12.1. The molecule has 0 unspecified atom stereocenters. The SMILES string of the molecule is CCc1ccc(C(=O)NCc2ccc(Cn3ccnc3)cc2)s1. The molecule has 23 heavy (non-hydrogen) atoms. The van der Waals surface area contributed by atoms with Gasteiger partial charge < -0.3 is 9.88 Å². The second-order valence-electron chi connectivity index (χ2n) is 5.35. The van der Waals surface area contributed by atoms with Crippen molar-refractivity contribution in [1.29, 1.82) is 0 Å². The number of benzene rings is 1. The number of aromatic nitrogens is 2. The van der Waals surface area contributed by atoms with Crippen LogP contribution in [0.25, 0.3) is 0 Å². The fraction of sp³-hybridized carbons (Fsp3) is 0.222. The van der Waals surface area contributed by atoms with Crippen LogP contribution in [-0.4, -0.2) is 15.5 Å². The lowest BCUT2D eigenvalue weighted by atomic mass is 10.1. The Morgan fingerprint density at radius 2 is 1.96 bits per heavy atom. The second-order valence-corrected chi connectivity index (χ2v) is 6.52. The van der Waals surface area contributed by atoms with Crippen molar-refractivity contribution in [2.24, 2.45) is 0 Å². The largest absolute Gasteiger partial charge is 0.347 e. The van der Waals surface area contributed by atoms with E-state index in [0.717, 1.165) is 23.4 Å². The first-order chi connectivity index (χ1) is 11.2. The molecule has 0 radical (unpaired) electrons. The number of thiophene rings is 1. The fourth-order valence-electron chi connectivity index (χ4n) is 2.31. The number of amides is 1. The van der Waals surface area contributed by atoms with Crippen LogP contribution in [0.4, 0.5) is 0 Å². The van der Waals surface area contributed by atoms with Crippen LogP contribution in [0.2, 0.25) is 0 Å². The van der Waals surface area contributed by atoms with Gasteiger partial charge in [0.25, 0.3) is 5.91 Å². The van der Waals surface area contributed by atoms with Gasteiger partial charge in [-0.2, -0.15) is 0 Å². The van der Waals surface area contributed by atoms with Crippen molar-refractivity contribution < 1.29 is 4.79 Å². The lowest BCUT2D eigenvalue weighted by Gasteiger charge is -2.06. The summed E-state index contributed by atoms with van der Waals surface area (Å²) < 4.78 is 2.03. The van der Waals surface area contributed by atoms with Crippen LogP contribution in [-0.2, 0) is 19.5 Å². The molecule has 3 aromatic rings. The smallest absolute Gasteiger partial charge is 0.261 e. The molecule has 0 aliphatic carbocycles. The molecule has 0 bridgehead atoms. The zero-order valence-corrected chi connectivity index (χ0v) is 13.8. The predicted molar refractivity (Wildman–Crippen MR) is 92.6 cm³/mol. The summed E-state index contributed by atoms with van der Waals surface area (Å²) in [5.74, 6) is -0.00260. The predicted octanol–water partition coefficient (Wildman–Crippen LogP) is 3.49. The first-order valence-corrected chi connectivity index (χ1v) is 8.46. The quantitative estimate of drug-likeness (QED) is 0.754. The van der Waals surface area contributed by atoms with Crippen LogP contribution in [0.5, 0.6) is 0 Å². The third kappa shape index (κ3) is 4.07. The Balaban J connectivity index is 1.54. The molecule has 0 aliphatic heterocycles. The van der Waals surface area contributed by atoms with Gasteiger partial charge in [-0.25, -0.2) is 4.98 Å². The van der Waals surface area contributed by atoms with Crippen molar-refractivity contribution in [1.82, 2.24) is 14.9 Å². The number of carbonyl (C=O) groups excluding carboxylic acids is 1. The van der Waals surface area contributed by atoms with Crippen molar-refractivity contribution >= 4 is 17.2 Å². The lowest BCUT2D eigenvalue weighted by molar-refractivity contribution is 0.0955. The third-order valence-corrected chi connectivity index (χ3v) is 4.86. The third-order valence-electron chi connectivity index (χ3n) is 3.63. The average molecular weight is 325 g/mol. The molecule has 0 atom stereocenters.